The first kappa shape index (κ1) is 29.0. The van der Waals surface area contributed by atoms with Crippen molar-refractivity contribution in [1.29, 1.82) is 0 Å². The molecule has 1 saturated carbocycles. The van der Waals surface area contributed by atoms with E-state index in [0.717, 1.165) is 18.8 Å². The van der Waals surface area contributed by atoms with Crippen LogP contribution < -0.4 is 21.5 Å². The van der Waals surface area contributed by atoms with Crippen molar-refractivity contribution in [3.63, 3.8) is 0 Å². The highest BCUT2D eigenvalue weighted by molar-refractivity contribution is 5.81. The predicted octanol–water partition coefficient (Wildman–Crippen LogP) is 1.98. The minimum Gasteiger partial charge on any atom is -1.00 e. The second-order valence-electron chi connectivity index (χ2n) is 9.74. The average molecular weight is 578 g/mol. The van der Waals surface area contributed by atoms with Crippen molar-refractivity contribution in [2.75, 3.05) is 6.61 Å². The number of hydrogen-bond acceptors (Lipinski definition) is 3. The van der Waals surface area contributed by atoms with Crippen LogP contribution in [-0.2, 0) is 34.6 Å². The molecule has 1 N–H and O–H groups in total. The number of imidazole rings is 1. The second kappa shape index (κ2) is 12.8. The van der Waals surface area contributed by atoms with Crippen molar-refractivity contribution in [2.45, 2.75) is 70.1 Å². The van der Waals surface area contributed by atoms with Crippen LogP contribution in [0.4, 0.5) is 8.78 Å². The molecule has 0 radical (unpaired) electrons. The van der Waals surface area contributed by atoms with Crippen molar-refractivity contribution in [2.24, 2.45) is 5.92 Å². The predicted molar refractivity (Wildman–Crippen MR) is 132 cm³/mol. The molecule has 2 aromatic carbocycles. The molecule has 2 atom stereocenters. The van der Waals surface area contributed by atoms with Gasteiger partial charge in [-0.05, 0) is 24.0 Å². The molecule has 1 heterocycles. The van der Waals surface area contributed by atoms with E-state index in [1.165, 1.54) is 5.56 Å². The third-order valence-electron chi connectivity index (χ3n) is 7.27. The molecule has 3 aromatic rings. The van der Waals surface area contributed by atoms with Crippen molar-refractivity contribution in [1.82, 2.24) is 4.57 Å². The SMILES string of the molecule is Cc1n(CCc2ccccc2)cc[n+]1CCCOC(=O)[C@](O)(c1ccccc1)[C@@H]1CCCC(F)(F)C1.[Br-]. The molecule has 0 amide bonds. The number of aryl methyl sites for hydroxylation is 3. The van der Waals surface area contributed by atoms with Crippen LogP contribution in [0.25, 0.3) is 0 Å². The number of aromatic nitrogens is 2. The van der Waals surface area contributed by atoms with Gasteiger partial charge in [0.2, 0.25) is 5.92 Å². The molecular formula is C29H35BrF2N2O3. The third-order valence-corrected chi connectivity index (χ3v) is 7.27. The Morgan fingerprint density at radius 3 is 2.51 bits per heavy atom. The van der Waals surface area contributed by atoms with E-state index in [9.17, 15) is 18.7 Å². The van der Waals surface area contributed by atoms with Gasteiger partial charge < -0.3 is 26.8 Å². The van der Waals surface area contributed by atoms with E-state index in [1.54, 1.807) is 30.3 Å². The topological polar surface area (TPSA) is 55.3 Å². The Morgan fingerprint density at radius 2 is 1.84 bits per heavy atom. The summed E-state index contributed by atoms with van der Waals surface area (Å²) in [5.74, 6) is -3.54. The lowest BCUT2D eigenvalue weighted by atomic mass is 9.72. The van der Waals surface area contributed by atoms with Crippen LogP contribution >= 0.6 is 0 Å². The first-order valence-corrected chi connectivity index (χ1v) is 12.7. The quantitative estimate of drug-likeness (QED) is 0.228. The summed E-state index contributed by atoms with van der Waals surface area (Å²) in [5.41, 5.74) is -0.501. The molecule has 37 heavy (non-hydrogen) atoms. The zero-order valence-corrected chi connectivity index (χ0v) is 22.7. The standard InChI is InChI=1S/C29H35F2N2O3.BrH/c1-23-32(19-20-33(23)18-15-24-10-4-2-5-11-24)17-9-21-36-27(34)29(35,25-12-6-3-7-13-25)26-14-8-16-28(30,31)22-26;/h2-7,10-13,19-20,26,35H,8-9,14-18,21-22H2,1H3;1H/q+1;/p-1/t26-,29+;/m1./s1. The number of carbonyl (C=O) groups excluding carboxylic acids is 1. The average Bonchev–Trinajstić information content (AvgIpc) is 3.24. The fraction of sp³-hybridized carbons (Fsp3) is 0.448. The first-order valence-electron chi connectivity index (χ1n) is 12.7. The molecule has 0 unspecified atom stereocenters. The van der Waals surface area contributed by atoms with Gasteiger partial charge in [0.25, 0.3) is 5.82 Å². The van der Waals surface area contributed by atoms with Crippen LogP contribution in [-0.4, -0.2) is 28.2 Å². The summed E-state index contributed by atoms with van der Waals surface area (Å²) in [4.78, 5) is 13.1. The Labute approximate surface area is 227 Å². The summed E-state index contributed by atoms with van der Waals surface area (Å²) in [5, 5.41) is 11.5. The van der Waals surface area contributed by atoms with Gasteiger partial charge in [0.05, 0.1) is 19.7 Å². The largest absolute Gasteiger partial charge is 1.00 e. The number of carbonyl (C=O) groups is 1. The van der Waals surface area contributed by atoms with Crippen molar-refractivity contribution in [3.05, 3.63) is 90.0 Å². The molecule has 0 saturated heterocycles. The van der Waals surface area contributed by atoms with E-state index < -0.39 is 29.8 Å². The lowest BCUT2D eigenvalue weighted by molar-refractivity contribution is -0.702. The summed E-state index contributed by atoms with van der Waals surface area (Å²) in [7, 11) is 0. The number of ether oxygens (including phenoxy) is 1. The smallest absolute Gasteiger partial charge is 0.343 e. The van der Waals surface area contributed by atoms with Gasteiger partial charge in [-0.3, -0.25) is 0 Å². The lowest BCUT2D eigenvalue weighted by Crippen LogP contribution is -3.00. The normalized spacial score (nSPS) is 18.4. The molecule has 1 aromatic heterocycles. The summed E-state index contributed by atoms with van der Waals surface area (Å²) in [6.07, 6.45) is 5.40. The summed E-state index contributed by atoms with van der Waals surface area (Å²) in [6.45, 7) is 3.66. The van der Waals surface area contributed by atoms with Gasteiger partial charge in [0.1, 0.15) is 12.4 Å². The molecule has 1 fully saturated rings. The summed E-state index contributed by atoms with van der Waals surface area (Å²) >= 11 is 0. The van der Waals surface area contributed by atoms with E-state index in [4.69, 9.17) is 4.74 Å². The summed E-state index contributed by atoms with van der Waals surface area (Å²) < 4.78 is 38.2. The van der Waals surface area contributed by atoms with Crippen molar-refractivity contribution in [3.8, 4) is 0 Å². The minimum absolute atomic E-state index is 0. The third kappa shape index (κ3) is 7.05. The van der Waals surface area contributed by atoms with E-state index in [0.29, 0.717) is 24.9 Å². The molecule has 5 nitrogen and oxygen atoms in total. The molecule has 0 aliphatic heterocycles. The van der Waals surface area contributed by atoms with Gasteiger partial charge in [-0.25, -0.2) is 22.7 Å². The molecule has 1 aliphatic carbocycles. The lowest BCUT2D eigenvalue weighted by Gasteiger charge is -2.39. The highest BCUT2D eigenvalue weighted by Crippen LogP contribution is 2.45. The Hall–Kier alpha value is -2.58. The van der Waals surface area contributed by atoms with Gasteiger partial charge in [-0.15, -0.1) is 0 Å². The van der Waals surface area contributed by atoms with Crippen LogP contribution in [0, 0.1) is 12.8 Å². The number of rotatable bonds is 10. The van der Waals surface area contributed by atoms with Crippen LogP contribution in [0.3, 0.4) is 0 Å². The molecule has 1 aliphatic rings. The number of aliphatic hydroxyl groups is 1. The maximum Gasteiger partial charge on any atom is 0.343 e. The number of hydrogen-bond donors (Lipinski definition) is 1. The van der Waals surface area contributed by atoms with Gasteiger partial charge in [0.15, 0.2) is 5.60 Å². The van der Waals surface area contributed by atoms with Crippen LogP contribution in [0.15, 0.2) is 73.1 Å². The molecule has 8 heteroatoms. The van der Waals surface area contributed by atoms with Crippen LogP contribution in [0.1, 0.15) is 49.1 Å². The molecular weight excluding hydrogens is 542 g/mol. The monoisotopic (exact) mass is 576 g/mol. The Balaban J connectivity index is 0.00000380. The number of alkyl halides is 2. The van der Waals surface area contributed by atoms with Crippen molar-refractivity contribution < 1.29 is 45.0 Å². The number of benzene rings is 2. The Bertz CT molecular complexity index is 1140. The zero-order valence-electron chi connectivity index (χ0n) is 21.2. The van der Waals surface area contributed by atoms with Crippen molar-refractivity contribution >= 4 is 5.97 Å². The Morgan fingerprint density at radius 1 is 1.16 bits per heavy atom. The zero-order chi connectivity index (χ0) is 25.6. The fourth-order valence-corrected chi connectivity index (χ4v) is 5.16. The molecule has 0 bridgehead atoms. The van der Waals surface area contributed by atoms with Gasteiger partial charge in [-0.2, -0.15) is 0 Å². The molecule has 200 valence electrons. The number of esters is 1. The van der Waals surface area contributed by atoms with E-state index in [2.05, 4.69) is 28.2 Å². The van der Waals surface area contributed by atoms with Crippen LogP contribution in [0.2, 0.25) is 0 Å². The highest BCUT2D eigenvalue weighted by Gasteiger charge is 2.52. The number of nitrogens with zero attached hydrogens (tertiary/aromatic N) is 2. The van der Waals surface area contributed by atoms with E-state index in [1.807, 2.05) is 30.6 Å². The highest BCUT2D eigenvalue weighted by atomic mass is 79.9. The van der Waals surface area contributed by atoms with Gasteiger partial charge in [-0.1, -0.05) is 60.7 Å². The Kier molecular flexibility index (Phi) is 10.0. The molecule has 0 spiro atoms. The minimum atomic E-state index is -2.90. The molecule has 4 rings (SSSR count). The maximum atomic E-state index is 14.2. The second-order valence-corrected chi connectivity index (χ2v) is 9.74. The number of halogens is 3. The van der Waals surface area contributed by atoms with Gasteiger partial charge >= 0.3 is 5.97 Å². The van der Waals surface area contributed by atoms with Crippen LogP contribution in [0.5, 0.6) is 0 Å². The van der Waals surface area contributed by atoms with E-state index >= 15 is 0 Å². The van der Waals surface area contributed by atoms with E-state index in [-0.39, 0.29) is 36.4 Å². The first-order chi connectivity index (χ1) is 17.3. The fourth-order valence-electron chi connectivity index (χ4n) is 5.16. The van der Waals surface area contributed by atoms with Gasteiger partial charge in [0, 0.05) is 38.5 Å². The summed E-state index contributed by atoms with van der Waals surface area (Å²) in [6, 6.07) is 18.7. The maximum absolute atomic E-state index is 14.2.